The van der Waals surface area contributed by atoms with Gasteiger partial charge in [-0.1, -0.05) is 104 Å². The lowest BCUT2D eigenvalue weighted by Crippen LogP contribution is -2.13. The summed E-state index contributed by atoms with van der Waals surface area (Å²) in [5, 5.41) is 0. The molecular weight excluding hydrogens is 270 g/mol. The molecule has 0 saturated carbocycles. The van der Waals surface area contributed by atoms with Gasteiger partial charge in [-0.2, -0.15) is 0 Å². The fourth-order valence-corrected chi connectivity index (χ4v) is 3.21. The molecule has 0 bridgehead atoms. The summed E-state index contributed by atoms with van der Waals surface area (Å²) in [4.78, 5) is 11.0. The second kappa shape index (κ2) is 16.8. The third-order valence-electron chi connectivity index (χ3n) is 4.73. The first-order valence-electron chi connectivity index (χ1n) is 9.99. The van der Waals surface area contributed by atoms with Crippen LogP contribution in [0, 0.1) is 5.92 Å². The molecule has 0 aliphatic rings. The van der Waals surface area contributed by atoms with Gasteiger partial charge in [0, 0.05) is 6.42 Å². The summed E-state index contributed by atoms with van der Waals surface area (Å²) in [7, 11) is 0. The molecule has 0 aromatic heterocycles. The quantitative estimate of drug-likeness (QED) is 0.312. The van der Waals surface area contributed by atoms with E-state index in [9.17, 15) is 4.79 Å². The average molecular weight is 312 g/mol. The number of nitrogens with two attached hydrogens (primary N) is 1. The highest BCUT2D eigenvalue weighted by molar-refractivity contribution is 5.73. The van der Waals surface area contributed by atoms with Crippen molar-refractivity contribution in [1.29, 1.82) is 0 Å². The molecule has 2 nitrogen and oxygen atoms in total. The van der Waals surface area contributed by atoms with E-state index in [0.717, 1.165) is 12.3 Å². The maximum atomic E-state index is 11.0. The van der Waals surface area contributed by atoms with Crippen LogP contribution in [0.15, 0.2) is 0 Å². The molecule has 0 aliphatic heterocycles. The molecule has 0 spiro atoms. The summed E-state index contributed by atoms with van der Waals surface area (Å²) in [6.07, 6.45) is 20.5. The summed E-state index contributed by atoms with van der Waals surface area (Å²) < 4.78 is 0. The first-order valence-corrected chi connectivity index (χ1v) is 9.99. The van der Waals surface area contributed by atoms with Crippen molar-refractivity contribution in [2.24, 2.45) is 11.7 Å². The number of rotatable bonds is 17. The zero-order valence-corrected chi connectivity index (χ0v) is 15.4. The molecule has 0 radical (unpaired) electrons. The van der Waals surface area contributed by atoms with Crippen molar-refractivity contribution < 1.29 is 4.79 Å². The largest absolute Gasteiger partial charge is 0.370 e. The van der Waals surface area contributed by atoms with Crippen LogP contribution in [0.25, 0.3) is 0 Å². The van der Waals surface area contributed by atoms with Crippen molar-refractivity contribution in [3.8, 4) is 0 Å². The van der Waals surface area contributed by atoms with E-state index in [2.05, 4.69) is 13.8 Å². The zero-order chi connectivity index (χ0) is 16.5. The fourth-order valence-electron chi connectivity index (χ4n) is 3.21. The molecule has 0 fully saturated rings. The predicted molar refractivity (Wildman–Crippen MR) is 97.9 cm³/mol. The third-order valence-corrected chi connectivity index (χ3v) is 4.73. The van der Waals surface area contributed by atoms with Crippen molar-refractivity contribution in [3.05, 3.63) is 0 Å². The first kappa shape index (κ1) is 21.5. The van der Waals surface area contributed by atoms with E-state index in [1.807, 2.05) is 0 Å². The smallest absolute Gasteiger partial charge is 0.217 e. The highest BCUT2D eigenvalue weighted by Crippen LogP contribution is 2.23. The van der Waals surface area contributed by atoms with Crippen LogP contribution < -0.4 is 5.73 Å². The molecule has 0 aliphatic carbocycles. The number of hydrogen-bond donors (Lipinski definition) is 1. The Labute approximate surface area is 139 Å². The van der Waals surface area contributed by atoms with Crippen LogP contribution in [-0.4, -0.2) is 5.91 Å². The van der Waals surface area contributed by atoms with Crippen LogP contribution in [0.4, 0.5) is 0 Å². The molecule has 0 aromatic carbocycles. The lowest BCUT2D eigenvalue weighted by atomic mass is 9.90. The number of carbonyl (C=O) groups excluding carboxylic acids is 1. The molecule has 0 aromatic rings. The van der Waals surface area contributed by atoms with E-state index >= 15 is 0 Å². The van der Waals surface area contributed by atoms with Crippen molar-refractivity contribution in [1.82, 2.24) is 0 Å². The summed E-state index contributed by atoms with van der Waals surface area (Å²) in [5.41, 5.74) is 5.32. The van der Waals surface area contributed by atoms with Gasteiger partial charge in [-0.25, -0.2) is 0 Å². The molecule has 2 N–H and O–H groups in total. The summed E-state index contributed by atoms with van der Waals surface area (Å²) >= 11 is 0. The van der Waals surface area contributed by atoms with Gasteiger partial charge in [0.05, 0.1) is 0 Å². The molecule has 0 heterocycles. The summed E-state index contributed by atoms with van der Waals surface area (Å²) in [6, 6.07) is 0. The molecule has 132 valence electrons. The van der Waals surface area contributed by atoms with Gasteiger partial charge in [-0.05, 0) is 12.3 Å². The standard InChI is InChI=1S/C20H41NO/c1-3-5-7-9-11-13-15-19(17-18-20(21)22)16-14-12-10-8-6-4-2/h19H,3-18H2,1-2H3,(H2,21,22). The van der Waals surface area contributed by atoms with Gasteiger partial charge in [-0.15, -0.1) is 0 Å². The number of carbonyl (C=O) groups is 1. The van der Waals surface area contributed by atoms with E-state index in [-0.39, 0.29) is 5.91 Å². The molecule has 2 heteroatoms. The van der Waals surface area contributed by atoms with E-state index < -0.39 is 0 Å². The van der Waals surface area contributed by atoms with E-state index in [4.69, 9.17) is 5.73 Å². The highest BCUT2D eigenvalue weighted by Gasteiger charge is 2.10. The van der Waals surface area contributed by atoms with Crippen LogP contribution in [0.5, 0.6) is 0 Å². The van der Waals surface area contributed by atoms with E-state index in [0.29, 0.717) is 6.42 Å². The predicted octanol–water partition coefficient (Wildman–Crippen LogP) is 6.37. The molecule has 0 saturated heterocycles. The minimum Gasteiger partial charge on any atom is -0.370 e. The molecule has 0 rings (SSSR count). The fraction of sp³-hybridized carbons (Fsp3) is 0.950. The van der Waals surface area contributed by atoms with Crippen LogP contribution in [-0.2, 0) is 4.79 Å². The Balaban J connectivity index is 3.72. The van der Waals surface area contributed by atoms with Crippen molar-refractivity contribution in [2.75, 3.05) is 0 Å². The number of hydrogen-bond acceptors (Lipinski definition) is 1. The Bertz CT molecular complexity index is 224. The van der Waals surface area contributed by atoms with Gasteiger partial charge >= 0.3 is 0 Å². The summed E-state index contributed by atoms with van der Waals surface area (Å²) in [6.45, 7) is 4.53. The van der Waals surface area contributed by atoms with Crippen molar-refractivity contribution in [3.63, 3.8) is 0 Å². The topological polar surface area (TPSA) is 43.1 Å². The van der Waals surface area contributed by atoms with Crippen molar-refractivity contribution >= 4 is 5.91 Å². The van der Waals surface area contributed by atoms with Crippen LogP contribution in [0.2, 0.25) is 0 Å². The second-order valence-electron chi connectivity index (χ2n) is 6.98. The molecular formula is C20H41NO. The maximum absolute atomic E-state index is 11.0. The minimum atomic E-state index is -0.129. The van der Waals surface area contributed by atoms with Gasteiger partial charge in [0.1, 0.15) is 0 Å². The minimum absolute atomic E-state index is 0.129. The van der Waals surface area contributed by atoms with E-state index in [1.165, 1.54) is 89.9 Å². The average Bonchev–Trinajstić information content (AvgIpc) is 2.50. The van der Waals surface area contributed by atoms with Gasteiger partial charge < -0.3 is 5.73 Å². The lowest BCUT2D eigenvalue weighted by Gasteiger charge is -2.16. The van der Waals surface area contributed by atoms with Gasteiger partial charge in [0.2, 0.25) is 5.91 Å². The Kier molecular flexibility index (Phi) is 16.4. The highest BCUT2D eigenvalue weighted by atomic mass is 16.1. The molecule has 0 unspecified atom stereocenters. The molecule has 1 amide bonds. The maximum Gasteiger partial charge on any atom is 0.217 e. The van der Waals surface area contributed by atoms with Gasteiger partial charge in [0.15, 0.2) is 0 Å². The molecule has 22 heavy (non-hydrogen) atoms. The Morgan fingerprint density at radius 2 is 1.09 bits per heavy atom. The monoisotopic (exact) mass is 311 g/mol. The summed E-state index contributed by atoms with van der Waals surface area (Å²) in [5.74, 6) is 0.598. The van der Waals surface area contributed by atoms with E-state index in [1.54, 1.807) is 0 Å². The SMILES string of the molecule is CCCCCCCCC(CCCCCCCC)CCC(N)=O. The Morgan fingerprint density at radius 1 is 0.682 bits per heavy atom. The van der Waals surface area contributed by atoms with Gasteiger partial charge in [0.25, 0.3) is 0 Å². The van der Waals surface area contributed by atoms with Gasteiger partial charge in [-0.3, -0.25) is 4.79 Å². The first-order chi connectivity index (χ1) is 10.7. The normalized spacial score (nSPS) is 11.2. The van der Waals surface area contributed by atoms with Crippen molar-refractivity contribution in [2.45, 2.75) is 117 Å². The van der Waals surface area contributed by atoms with Crippen LogP contribution >= 0.6 is 0 Å². The number of amides is 1. The Hall–Kier alpha value is -0.530. The van der Waals surface area contributed by atoms with Crippen LogP contribution in [0.3, 0.4) is 0 Å². The lowest BCUT2D eigenvalue weighted by molar-refractivity contribution is -0.118. The third kappa shape index (κ3) is 15.9. The Morgan fingerprint density at radius 3 is 1.50 bits per heavy atom. The zero-order valence-electron chi connectivity index (χ0n) is 15.4. The second-order valence-corrected chi connectivity index (χ2v) is 6.98. The molecule has 0 atom stereocenters. The number of primary amides is 1. The number of unbranched alkanes of at least 4 members (excludes halogenated alkanes) is 10. The van der Waals surface area contributed by atoms with Crippen LogP contribution in [0.1, 0.15) is 117 Å².